The normalized spacial score (nSPS) is 18.4. The van der Waals surface area contributed by atoms with Crippen molar-refractivity contribution in [1.82, 2.24) is 15.2 Å². The molecule has 0 radical (unpaired) electrons. The van der Waals surface area contributed by atoms with E-state index in [4.69, 9.17) is 0 Å². The monoisotopic (exact) mass is 363 g/mol. The molecule has 6 heteroatoms. The zero-order valence-corrected chi connectivity index (χ0v) is 15.0. The van der Waals surface area contributed by atoms with Gasteiger partial charge < -0.3 is 15.2 Å². The van der Waals surface area contributed by atoms with Crippen molar-refractivity contribution in [1.29, 1.82) is 0 Å². The fraction of sp³-hybridized carbons (Fsp3) is 0.286. The number of fused-ring (bicyclic) bond motifs is 1. The summed E-state index contributed by atoms with van der Waals surface area (Å²) in [5.41, 5.74) is 2.59. The molecule has 1 fully saturated rings. The van der Waals surface area contributed by atoms with Gasteiger partial charge in [0.1, 0.15) is 0 Å². The van der Waals surface area contributed by atoms with Crippen molar-refractivity contribution in [2.24, 2.45) is 0 Å². The second kappa shape index (κ2) is 6.87. The Morgan fingerprint density at radius 2 is 1.93 bits per heavy atom. The van der Waals surface area contributed by atoms with Crippen LogP contribution in [0, 0.1) is 0 Å². The average Bonchev–Trinajstić information content (AvgIpc) is 3.22. The zero-order valence-electron chi connectivity index (χ0n) is 15.0. The Kier molecular flexibility index (Phi) is 4.39. The highest BCUT2D eigenvalue weighted by Gasteiger charge is 2.34. The Morgan fingerprint density at radius 1 is 1.19 bits per heavy atom. The van der Waals surface area contributed by atoms with E-state index in [1.807, 2.05) is 24.3 Å². The van der Waals surface area contributed by atoms with E-state index in [-0.39, 0.29) is 29.9 Å². The summed E-state index contributed by atoms with van der Waals surface area (Å²) in [5, 5.41) is 4.24. The summed E-state index contributed by atoms with van der Waals surface area (Å²) < 4.78 is 0. The maximum absolute atomic E-state index is 12.6. The number of likely N-dealkylation sites (tertiary alicyclic amines) is 1. The van der Waals surface area contributed by atoms with Gasteiger partial charge in [-0.05, 0) is 25.0 Å². The number of nitrogens with zero attached hydrogens (tertiary/aromatic N) is 1. The van der Waals surface area contributed by atoms with Crippen molar-refractivity contribution in [3.05, 3.63) is 54.4 Å². The number of ketones is 2. The molecule has 1 aliphatic carbocycles. The molecule has 1 saturated heterocycles. The number of rotatable bonds is 4. The van der Waals surface area contributed by atoms with E-state index in [9.17, 15) is 14.4 Å². The van der Waals surface area contributed by atoms with Gasteiger partial charge in [-0.25, -0.2) is 0 Å². The van der Waals surface area contributed by atoms with Crippen LogP contribution in [0.15, 0.2) is 48.8 Å². The van der Waals surface area contributed by atoms with Crippen LogP contribution in [0.2, 0.25) is 0 Å². The minimum Gasteiger partial charge on any atom is -0.379 e. The van der Waals surface area contributed by atoms with Gasteiger partial charge in [0.2, 0.25) is 5.91 Å². The van der Waals surface area contributed by atoms with E-state index in [0.717, 1.165) is 29.3 Å². The van der Waals surface area contributed by atoms with Crippen molar-refractivity contribution in [3.8, 4) is 0 Å². The van der Waals surface area contributed by atoms with Crippen LogP contribution < -0.4 is 5.32 Å². The quantitative estimate of drug-likeness (QED) is 0.644. The van der Waals surface area contributed by atoms with Crippen LogP contribution in [0.5, 0.6) is 0 Å². The maximum atomic E-state index is 12.6. The smallest absolute Gasteiger partial charge is 0.245 e. The molecule has 2 aromatic rings. The van der Waals surface area contributed by atoms with Crippen molar-refractivity contribution >= 4 is 33.9 Å². The number of carbonyl (C=O) groups excluding carboxylic acids is 3. The number of allylic oxidation sites excluding steroid dienone is 2. The number of Topliss-reactive ketones (excluding diaryl/α,β-unsaturated/α-hetero) is 2. The number of hydrogen-bond acceptors (Lipinski definition) is 4. The summed E-state index contributed by atoms with van der Waals surface area (Å²) in [6, 6.07) is 7.79. The SMILES string of the molecule is C=CC(=O)N1CCC(NC2=C(c3c[nH]c4ccccc34)C(=O)CC2=O)CC1. The lowest BCUT2D eigenvalue weighted by molar-refractivity contribution is -0.127. The maximum Gasteiger partial charge on any atom is 0.245 e. The molecule has 138 valence electrons. The van der Waals surface area contributed by atoms with Crippen LogP contribution in [-0.4, -0.2) is 46.5 Å². The Morgan fingerprint density at radius 3 is 2.67 bits per heavy atom. The van der Waals surface area contributed by atoms with Gasteiger partial charge in [-0.2, -0.15) is 0 Å². The molecule has 0 saturated carbocycles. The largest absolute Gasteiger partial charge is 0.379 e. The molecule has 2 aliphatic rings. The number of benzene rings is 1. The first-order valence-electron chi connectivity index (χ1n) is 9.13. The average molecular weight is 363 g/mol. The van der Waals surface area contributed by atoms with E-state index in [1.54, 1.807) is 11.1 Å². The molecule has 1 aromatic carbocycles. The first kappa shape index (κ1) is 17.3. The Bertz CT molecular complexity index is 977. The third-order valence-electron chi connectivity index (χ3n) is 5.32. The molecule has 1 aliphatic heterocycles. The van der Waals surface area contributed by atoms with Gasteiger partial charge in [0.15, 0.2) is 11.6 Å². The number of H-pyrrole nitrogens is 1. The number of para-hydroxylation sites is 1. The first-order chi connectivity index (χ1) is 13.1. The highest BCUT2D eigenvalue weighted by Crippen LogP contribution is 2.33. The standard InChI is InChI=1S/C21H21N3O3/c1-2-19(27)24-9-7-13(8-10-24)23-21-18(26)11-17(25)20(21)15-12-22-16-6-4-3-5-14(15)16/h2-6,12-13,22-23H,1,7-11H2. The Labute approximate surface area is 156 Å². The molecule has 2 heterocycles. The van der Waals surface area contributed by atoms with E-state index in [1.165, 1.54) is 6.08 Å². The molecule has 0 atom stereocenters. The molecule has 2 N–H and O–H groups in total. The summed E-state index contributed by atoms with van der Waals surface area (Å²) in [7, 11) is 0. The van der Waals surface area contributed by atoms with Gasteiger partial charge in [-0.15, -0.1) is 0 Å². The topological polar surface area (TPSA) is 82.3 Å². The molecule has 1 aromatic heterocycles. The molecule has 1 amide bonds. The minimum absolute atomic E-state index is 0.0592. The summed E-state index contributed by atoms with van der Waals surface area (Å²) in [6.07, 6.45) is 4.48. The number of aromatic nitrogens is 1. The van der Waals surface area contributed by atoms with Crippen LogP contribution in [0.25, 0.3) is 16.5 Å². The summed E-state index contributed by atoms with van der Waals surface area (Å²) in [5.74, 6) is -0.379. The molecule has 0 unspecified atom stereocenters. The predicted octanol–water partition coefficient (Wildman–Crippen LogP) is 2.19. The van der Waals surface area contributed by atoms with Crippen LogP contribution in [-0.2, 0) is 14.4 Å². The fourth-order valence-electron chi connectivity index (χ4n) is 3.89. The van der Waals surface area contributed by atoms with Gasteiger partial charge in [0, 0.05) is 41.8 Å². The fourth-order valence-corrected chi connectivity index (χ4v) is 3.89. The lowest BCUT2D eigenvalue weighted by Gasteiger charge is -2.32. The lowest BCUT2D eigenvalue weighted by Crippen LogP contribution is -2.44. The number of carbonyl (C=O) groups is 3. The number of nitrogens with one attached hydrogen (secondary N) is 2. The lowest BCUT2D eigenvalue weighted by atomic mass is 10.0. The minimum atomic E-state index is -0.162. The molecule has 0 bridgehead atoms. The van der Waals surface area contributed by atoms with Crippen molar-refractivity contribution in [2.45, 2.75) is 25.3 Å². The van der Waals surface area contributed by atoms with E-state index in [2.05, 4.69) is 16.9 Å². The van der Waals surface area contributed by atoms with E-state index < -0.39 is 0 Å². The predicted molar refractivity (Wildman–Crippen MR) is 103 cm³/mol. The van der Waals surface area contributed by atoms with Gasteiger partial charge >= 0.3 is 0 Å². The second-order valence-corrected chi connectivity index (χ2v) is 6.97. The summed E-state index contributed by atoms with van der Waals surface area (Å²) in [4.78, 5) is 41.7. The molecular weight excluding hydrogens is 342 g/mol. The van der Waals surface area contributed by atoms with E-state index >= 15 is 0 Å². The molecular formula is C21H21N3O3. The number of amides is 1. The highest BCUT2D eigenvalue weighted by molar-refractivity contribution is 6.39. The summed E-state index contributed by atoms with van der Waals surface area (Å²) >= 11 is 0. The van der Waals surface area contributed by atoms with Crippen molar-refractivity contribution in [2.75, 3.05) is 13.1 Å². The number of piperidine rings is 1. The van der Waals surface area contributed by atoms with Gasteiger partial charge in [-0.3, -0.25) is 14.4 Å². The molecule has 0 spiro atoms. The van der Waals surface area contributed by atoms with Crippen LogP contribution in [0.4, 0.5) is 0 Å². The number of hydrogen-bond donors (Lipinski definition) is 2. The molecule has 4 rings (SSSR count). The molecule has 6 nitrogen and oxygen atoms in total. The van der Waals surface area contributed by atoms with Crippen molar-refractivity contribution in [3.63, 3.8) is 0 Å². The van der Waals surface area contributed by atoms with Crippen LogP contribution in [0.3, 0.4) is 0 Å². The Balaban J connectivity index is 1.61. The molecule has 27 heavy (non-hydrogen) atoms. The van der Waals surface area contributed by atoms with Gasteiger partial charge in [-0.1, -0.05) is 24.8 Å². The third kappa shape index (κ3) is 3.07. The Hall–Kier alpha value is -3.15. The van der Waals surface area contributed by atoms with Crippen LogP contribution >= 0.6 is 0 Å². The third-order valence-corrected chi connectivity index (χ3v) is 5.32. The second-order valence-electron chi connectivity index (χ2n) is 6.97. The van der Waals surface area contributed by atoms with Crippen LogP contribution in [0.1, 0.15) is 24.8 Å². The zero-order chi connectivity index (χ0) is 19.0. The van der Waals surface area contributed by atoms with Gasteiger partial charge in [0.05, 0.1) is 17.7 Å². The number of aromatic amines is 1. The van der Waals surface area contributed by atoms with Crippen molar-refractivity contribution < 1.29 is 14.4 Å². The highest BCUT2D eigenvalue weighted by atomic mass is 16.2. The summed E-state index contributed by atoms with van der Waals surface area (Å²) in [6.45, 7) is 4.74. The van der Waals surface area contributed by atoms with Gasteiger partial charge in [0.25, 0.3) is 0 Å². The first-order valence-corrected chi connectivity index (χ1v) is 9.13. The van der Waals surface area contributed by atoms with E-state index in [0.29, 0.717) is 24.4 Å².